The molecular weight excluding hydrogens is 215 g/mol. The van der Waals surface area contributed by atoms with Crippen molar-refractivity contribution in [1.29, 1.82) is 0 Å². The molecule has 0 saturated heterocycles. The van der Waals surface area contributed by atoms with E-state index in [0.717, 1.165) is 37.3 Å². The molecule has 0 fully saturated rings. The first-order chi connectivity index (χ1) is 8.09. The fourth-order valence-electron chi connectivity index (χ4n) is 1.62. The van der Waals surface area contributed by atoms with Crippen LogP contribution in [0.4, 0.5) is 4.39 Å². The van der Waals surface area contributed by atoms with Gasteiger partial charge in [-0.3, -0.25) is 0 Å². The van der Waals surface area contributed by atoms with Crippen molar-refractivity contribution in [3.05, 3.63) is 35.1 Å². The van der Waals surface area contributed by atoms with Crippen LogP contribution in [0.15, 0.2) is 18.2 Å². The summed E-state index contributed by atoms with van der Waals surface area (Å²) in [5.74, 6) is 0.519. The van der Waals surface area contributed by atoms with Crippen LogP contribution in [0.3, 0.4) is 0 Å². The van der Waals surface area contributed by atoms with Crippen LogP contribution in [0.1, 0.15) is 25.0 Å². The lowest BCUT2D eigenvalue weighted by molar-refractivity contribution is 0.534. The van der Waals surface area contributed by atoms with Crippen LogP contribution in [0.2, 0.25) is 0 Å². The number of benzene rings is 1. The molecule has 0 unspecified atom stereocenters. The monoisotopic (exact) mass is 238 g/mol. The summed E-state index contributed by atoms with van der Waals surface area (Å²) < 4.78 is 13.0. The smallest absolute Gasteiger partial charge is 0.123 e. The number of halogens is 1. The van der Waals surface area contributed by atoms with E-state index in [0.29, 0.717) is 5.92 Å². The van der Waals surface area contributed by atoms with Crippen LogP contribution >= 0.6 is 0 Å². The second-order valence-electron chi connectivity index (χ2n) is 4.85. The van der Waals surface area contributed by atoms with Gasteiger partial charge in [0.05, 0.1) is 0 Å². The summed E-state index contributed by atoms with van der Waals surface area (Å²) in [6, 6.07) is 4.93. The number of aryl methyl sites for hydroxylation is 1. The summed E-state index contributed by atoms with van der Waals surface area (Å²) in [5, 5.41) is 6.67. The summed E-state index contributed by atoms with van der Waals surface area (Å²) in [4.78, 5) is 0. The second-order valence-corrected chi connectivity index (χ2v) is 4.85. The van der Waals surface area contributed by atoms with E-state index in [1.165, 1.54) is 6.07 Å². The van der Waals surface area contributed by atoms with E-state index in [9.17, 15) is 4.39 Å². The van der Waals surface area contributed by atoms with Gasteiger partial charge in [-0.1, -0.05) is 19.9 Å². The molecular formula is C14H23FN2. The number of rotatable bonds is 7. The molecule has 2 nitrogen and oxygen atoms in total. The minimum absolute atomic E-state index is 0.162. The highest BCUT2D eigenvalue weighted by Crippen LogP contribution is 2.09. The van der Waals surface area contributed by atoms with Gasteiger partial charge in [0.1, 0.15) is 5.82 Å². The molecule has 1 rings (SSSR count). The Morgan fingerprint density at radius 3 is 2.59 bits per heavy atom. The van der Waals surface area contributed by atoms with Gasteiger partial charge in [0.25, 0.3) is 0 Å². The average Bonchev–Trinajstić information content (AvgIpc) is 2.27. The fourth-order valence-corrected chi connectivity index (χ4v) is 1.62. The SMILES string of the molecule is Cc1ccc(F)cc1CNCCNCC(C)C. The lowest BCUT2D eigenvalue weighted by Gasteiger charge is -2.10. The van der Waals surface area contributed by atoms with E-state index >= 15 is 0 Å². The Hall–Kier alpha value is -0.930. The van der Waals surface area contributed by atoms with Crippen molar-refractivity contribution in [3.8, 4) is 0 Å². The molecule has 0 amide bonds. The Kier molecular flexibility index (Phi) is 6.16. The van der Waals surface area contributed by atoms with Gasteiger partial charge in [0.2, 0.25) is 0 Å². The first kappa shape index (κ1) is 14.1. The van der Waals surface area contributed by atoms with E-state index in [4.69, 9.17) is 0 Å². The highest BCUT2D eigenvalue weighted by atomic mass is 19.1. The summed E-state index contributed by atoms with van der Waals surface area (Å²) in [6.45, 7) is 10.0. The number of nitrogens with one attached hydrogen (secondary N) is 2. The fraction of sp³-hybridized carbons (Fsp3) is 0.571. The topological polar surface area (TPSA) is 24.1 Å². The second kappa shape index (κ2) is 7.41. The Morgan fingerprint density at radius 1 is 1.18 bits per heavy atom. The number of hydrogen-bond acceptors (Lipinski definition) is 2. The molecule has 17 heavy (non-hydrogen) atoms. The van der Waals surface area contributed by atoms with Gasteiger partial charge >= 0.3 is 0 Å². The van der Waals surface area contributed by atoms with Crippen LogP contribution in [0.5, 0.6) is 0 Å². The van der Waals surface area contributed by atoms with Gasteiger partial charge < -0.3 is 10.6 Å². The first-order valence-corrected chi connectivity index (χ1v) is 6.26. The zero-order chi connectivity index (χ0) is 12.7. The molecule has 96 valence electrons. The Balaban J connectivity index is 2.20. The predicted octanol–water partition coefficient (Wildman–Crippen LogP) is 2.47. The van der Waals surface area contributed by atoms with Crippen molar-refractivity contribution < 1.29 is 4.39 Å². The molecule has 0 aliphatic heterocycles. The van der Waals surface area contributed by atoms with Crippen LogP contribution in [0.25, 0.3) is 0 Å². The minimum Gasteiger partial charge on any atom is -0.315 e. The zero-order valence-electron chi connectivity index (χ0n) is 11.0. The summed E-state index contributed by atoms with van der Waals surface area (Å²) in [7, 11) is 0. The molecule has 1 aromatic carbocycles. The van der Waals surface area contributed by atoms with Crippen molar-refractivity contribution >= 4 is 0 Å². The molecule has 1 aromatic rings. The van der Waals surface area contributed by atoms with Crippen molar-refractivity contribution in [1.82, 2.24) is 10.6 Å². The van der Waals surface area contributed by atoms with Gasteiger partial charge in [-0.25, -0.2) is 4.39 Å². The van der Waals surface area contributed by atoms with Crippen molar-refractivity contribution in [2.75, 3.05) is 19.6 Å². The van der Waals surface area contributed by atoms with E-state index in [1.807, 2.05) is 13.0 Å². The van der Waals surface area contributed by atoms with Crippen molar-refractivity contribution in [3.63, 3.8) is 0 Å². The third kappa shape index (κ3) is 5.80. The maximum atomic E-state index is 13.0. The summed E-state index contributed by atoms with van der Waals surface area (Å²) in [5.41, 5.74) is 2.17. The summed E-state index contributed by atoms with van der Waals surface area (Å²) in [6.07, 6.45) is 0. The van der Waals surface area contributed by atoms with E-state index in [1.54, 1.807) is 6.07 Å². The van der Waals surface area contributed by atoms with E-state index < -0.39 is 0 Å². The molecule has 0 aliphatic carbocycles. The van der Waals surface area contributed by atoms with E-state index in [-0.39, 0.29) is 5.82 Å². The molecule has 0 heterocycles. The lowest BCUT2D eigenvalue weighted by atomic mass is 10.1. The molecule has 0 spiro atoms. The van der Waals surface area contributed by atoms with Crippen molar-refractivity contribution in [2.24, 2.45) is 5.92 Å². The Labute approximate surface area is 104 Å². The molecule has 0 radical (unpaired) electrons. The van der Waals surface area contributed by atoms with Gasteiger partial charge in [-0.15, -0.1) is 0 Å². The molecule has 0 bridgehead atoms. The largest absolute Gasteiger partial charge is 0.315 e. The van der Waals surface area contributed by atoms with Gasteiger partial charge in [0, 0.05) is 19.6 Å². The minimum atomic E-state index is -0.162. The van der Waals surface area contributed by atoms with Crippen LogP contribution < -0.4 is 10.6 Å². The van der Waals surface area contributed by atoms with Crippen LogP contribution in [-0.4, -0.2) is 19.6 Å². The van der Waals surface area contributed by atoms with Gasteiger partial charge in [-0.2, -0.15) is 0 Å². The van der Waals surface area contributed by atoms with E-state index in [2.05, 4.69) is 24.5 Å². The van der Waals surface area contributed by atoms with Crippen LogP contribution in [-0.2, 0) is 6.54 Å². The average molecular weight is 238 g/mol. The van der Waals surface area contributed by atoms with Crippen molar-refractivity contribution in [2.45, 2.75) is 27.3 Å². The van der Waals surface area contributed by atoms with Gasteiger partial charge in [-0.05, 0) is 42.6 Å². The quantitative estimate of drug-likeness (QED) is 0.713. The standard InChI is InChI=1S/C14H23FN2/c1-11(2)9-16-6-7-17-10-13-8-14(15)5-4-12(13)3/h4-5,8,11,16-17H,6-7,9-10H2,1-3H3. The van der Waals surface area contributed by atoms with Gasteiger partial charge in [0.15, 0.2) is 0 Å². The predicted molar refractivity (Wildman–Crippen MR) is 70.6 cm³/mol. The maximum absolute atomic E-state index is 13.0. The zero-order valence-corrected chi connectivity index (χ0v) is 11.0. The molecule has 0 atom stereocenters. The summed E-state index contributed by atoms with van der Waals surface area (Å²) >= 11 is 0. The molecule has 0 aliphatic rings. The molecule has 3 heteroatoms. The third-order valence-electron chi connectivity index (χ3n) is 2.66. The normalized spacial score (nSPS) is 11.1. The highest BCUT2D eigenvalue weighted by Gasteiger charge is 1.99. The molecule has 0 saturated carbocycles. The van der Waals surface area contributed by atoms with Crippen LogP contribution in [0, 0.1) is 18.7 Å². The molecule has 0 aromatic heterocycles. The number of hydrogen-bond donors (Lipinski definition) is 2. The first-order valence-electron chi connectivity index (χ1n) is 6.26. The maximum Gasteiger partial charge on any atom is 0.123 e. The Bertz CT molecular complexity index is 337. The highest BCUT2D eigenvalue weighted by molar-refractivity contribution is 5.26. The Morgan fingerprint density at radius 2 is 1.88 bits per heavy atom. The molecule has 2 N–H and O–H groups in total. The third-order valence-corrected chi connectivity index (χ3v) is 2.66. The lowest BCUT2D eigenvalue weighted by Crippen LogP contribution is -2.29.